The van der Waals surface area contributed by atoms with E-state index in [2.05, 4.69) is 10.3 Å². The summed E-state index contributed by atoms with van der Waals surface area (Å²) < 4.78 is 0. The third-order valence-corrected chi connectivity index (χ3v) is 1.36. The first-order chi connectivity index (χ1) is 4.33. The molecule has 1 fully saturated rings. The Morgan fingerprint density at radius 1 is 1.67 bits per heavy atom. The van der Waals surface area contributed by atoms with Crippen molar-refractivity contribution in [3.63, 3.8) is 0 Å². The Morgan fingerprint density at radius 2 is 2.33 bits per heavy atom. The van der Waals surface area contributed by atoms with E-state index in [-0.39, 0.29) is 5.91 Å². The van der Waals surface area contributed by atoms with Crippen LogP contribution in [0.1, 0.15) is 6.42 Å². The molecule has 1 aliphatic rings. The Bertz CT molecular complexity index is 111. The summed E-state index contributed by atoms with van der Waals surface area (Å²) in [6, 6.07) is 0. The Kier molecular flexibility index (Phi) is 2.02. The fourth-order valence-corrected chi connectivity index (χ4v) is 0.626. The molecule has 0 aromatic heterocycles. The number of carbonyl (C=O) groups excluding carboxylic acids is 1. The van der Waals surface area contributed by atoms with Crippen molar-refractivity contribution in [2.45, 2.75) is 6.42 Å². The molecule has 0 unspecified atom stereocenters. The van der Waals surface area contributed by atoms with Gasteiger partial charge in [-0.25, -0.2) is 5.84 Å². The van der Waals surface area contributed by atoms with Crippen molar-refractivity contribution in [3.8, 4) is 0 Å². The molecule has 0 aromatic rings. The maximum atomic E-state index is 10.5. The molecule has 0 spiro atoms. The molecular formula is C5H11N3O. The van der Waals surface area contributed by atoms with Gasteiger partial charge in [-0.3, -0.25) is 10.2 Å². The van der Waals surface area contributed by atoms with Crippen LogP contribution in [0, 0.1) is 0 Å². The smallest absolute Gasteiger partial charge is 0.235 e. The number of hydrogen-bond acceptors (Lipinski definition) is 3. The Hall–Kier alpha value is -0.610. The van der Waals surface area contributed by atoms with E-state index >= 15 is 0 Å². The van der Waals surface area contributed by atoms with Gasteiger partial charge in [0.05, 0.1) is 0 Å². The Labute approximate surface area is 54.0 Å². The van der Waals surface area contributed by atoms with E-state index < -0.39 is 0 Å². The summed E-state index contributed by atoms with van der Waals surface area (Å²) in [5.41, 5.74) is 2.08. The van der Waals surface area contributed by atoms with Crippen LogP contribution in [-0.2, 0) is 4.79 Å². The largest absolute Gasteiger partial charge is 0.300 e. The van der Waals surface area contributed by atoms with E-state index in [9.17, 15) is 4.79 Å². The van der Waals surface area contributed by atoms with Crippen molar-refractivity contribution in [1.82, 2.24) is 10.3 Å². The van der Waals surface area contributed by atoms with Crippen molar-refractivity contribution in [3.05, 3.63) is 0 Å². The lowest BCUT2D eigenvalue weighted by molar-refractivity contribution is -0.121. The first kappa shape index (κ1) is 6.51. The van der Waals surface area contributed by atoms with Crippen molar-refractivity contribution in [1.29, 1.82) is 0 Å². The zero-order valence-corrected chi connectivity index (χ0v) is 5.26. The third-order valence-electron chi connectivity index (χ3n) is 1.36. The first-order valence-corrected chi connectivity index (χ1v) is 3.05. The van der Waals surface area contributed by atoms with Gasteiger partial charge in [0, 0.05) is 26.1 Å². The summed E-state index contributed by atoms with van der Waals surface area (Å²) in [7, 11) is 0. The second-order valence-electron chi connectivity index (χ2n) is 2.16. The minimum Gasteiger partial charge on any atom is -0.300 e. The maximum Gasteiger partial charge on any atom is 0.235 e. The van der Waals surface area contributed by atoms with Gasteiger partial charge in [0.25, 0.3) is 0 Å². The van der Waals surface area contributed by atoms with Gasteiger partial charge in [0.2, 0.25) is 5.91 Å². The van der Waals surface area contributed by atoms with Crippen LogP contribution in [0.15, 0.2) is 0 Å². The Morgan fingerprint density at radius 3 is 2.78 bits per heavy atom. The topological polar surface area (TPSA) is 58.1 Å². The molecule has 1 aliphatic heterocycles. The summed E-state index contributed by atoms with van der Waals surface area (Å²) in [5, 5.41) is 0. The van der Waals surface area contributed by atoms with E-state index in [1.54, 1.807) is 0 Å². The van der Waals surface area contributed by atoms with Crippen molar-refractivity contribution in [2.75, 3.05) is 19.6 Å². The first-order valence-electron chi connectivity index (χ1n) is 3.05. The standard InChI is InChI=1S/C5H11N3O/c6-7-5(9)1-2-8-3-4-8/h1-4,6H2,(H,7,9). The lowest BCUT2D eigenvalue weighted by atomic mass is 10.4. The Balaban J connectivity index is 1.96. The number of hydrogen-bond donors (Lipinski definition) is 2. The second kappa shape index (κ2) is 2.80. The van der Waals surface area contributed by atoms with E-state index in [1.165, 1.54) is 0 Å². The number of nitrogens with zero attached hydrogens (tertiary/aromatic N) is 1. The van der Waals surface area contributed by atoms with Crippen LogP contribution in [0.2, 0.25) is 0 Å². The highest BCUT2D eigenvalue weighted by atomic mass is 16.2. The van der Waals surface area contributed by atoms with Gasteiger partial charge in [0.15, 0.2) is 0 Å². The number of rotatable bonds is 3. The lowest BCUT2D eigenvalue weighted by Crippen LogP contribution is -2.31. The molecule has 1 saturated heterocycles. The number of amides is 1. The number of nitrogens with two attached hydrogens (primary N) is 1. The van der Waals surface area contributed by atoms with E-state index in [0.29, 0.717) is 6.42 Å². The molecule has 1 amide bonds. The van der Waals surface area contributed by atoms with Gasteiger partial charge in [0.1, 0.15) is 0 Å². The predicted octanol–water partition coefficient (Wildman–Crippen LogP) is -1.32. The van der Waals surface area contributed by atoms with Crippen LogP contribution in [0.3, 0.4) is 0 Å². The van der Waals surface area contributed by atoms with Gasteiger partial charge in [-0.05, 0) is 0 Å². The summed E-state index contributed by atoms with van der Waals surface area (Å²) in [5.74, 6) is 4.78. The van der Waals surface area contributed by atoms with Crippen LogP contribution in [-0.4, -0.2) is 30.4 Å². The highest BCUT2D eigenvalue weighted by Crippen LogP contribution is 2.02. The molecule has 52 valence electrons. The van der Waals surface area contributed by atoms with Gasteiger partial charge < -0.3 is 4.90 Å². The molecule has 0 atom stereocenters. The molecule has 0 bridgehead atoms. The average molecular weight is 129 g/mol. The van der Waals surface area contributed by atoms with Gasteiger partial charge >= 0.3 is 0 Å². The number of hydrazine groups is 1. The molecule has 4 nitrogen and oxygen atoms in total. The number of carbonyl (C=O) groups is 1. The maximum absolute atomic E-state index is 10.5. The molecular weight excluding hydrogens is 118 g/mol. The lowest BCUT2D eigenvalue weighted by Gasteiger charge is -1.97. The average Bonchev–Trinajstić information content (AvgIpc) is 2.65. The fourth-order valence-electron chi connectivity index (χ4n) is 0.626. The molecule has 3 N–H and O–H groups in total. The van der Waals surface area contributed by atoms with Crippen molar-refractivity contribution in [2.24, 2.45) is 5.84 Å². The quantitative estimate of drug-likeness (QED) is 0.215. The third kappa shape index (κ3) is 2.43. The normalized spacial score (nSPS) is 17.4. The molecule has 0 radical (unpaired) electrons. The van der Waals surface area contributed by atoms with Crippen LogP contribution in [0.5, 0.6) is 0 Å². The zero-order chi connectivity index (χ0) is 6.69. The van der Waals surface area contributed by atoms with Gasteiger partial charge in [-0.1, -0.05) is 0 Å². The molecule has 0 aromatic carbocycles. The predicted molar refractivity (Wildman–Crippen MR) is 33.4 cm³/mol. The summed E-state index contributed by atoms with van der Waals surface area (Å²) in [6.45, 7) is 3.12. The van der Waals surface area contributed by atoms with Crippen LogP contribution >= 0.6 is 0 Å². The van der Waals surface area contributed by atoms with Crippen molar-refractivity contribution >= 4 is 5.91 Å². The van der Waals surface area contributed by atoms with E-state index in [4.69, 9.17) is 5.84 Å². The second-order valence-corrected chi connectivity index (χ2v) is 2.16. The summed E-state index contributed by atoms with van der Waals surface area (Å²) >= 11 is 0. The van der Waals surface area contributed by atoms with Crippen LogP contribution < -0.4 is 11.3 Å². The molecule has 0 aliphatic carbocycles. The fraction of sp³-hybridized carbons (Fsp3) is 0.800. The zero-order valence-electron chi connectivity index (χ0n) is 5.26. The minimum absolute atomic E-state index is 0.0816. The van der Waals surface area contributed by atoms with Crippen LogP contribution in [0.25, 0.3) is 0 Å². The van der Waals surface area contributed by atoms with E-state index in [1.807, 2.05) is 0 Å². The molecule has 1 rings (SSSR count). The SMILES string of the molecule is NNC(=O)CCN1CC1. The van der Waals surface area contributed by atoms with Crippen molar-refractivity contribution < 1.29 is 4.79 Å². The molecule has 1 heterocycles. The highest BCUT2D eigenvalue weighted by molar-refractivity contribution is 5.75. The number of nitrogens with one attached hydrogen (secondary N) is 1. The van der Waals surface area contributed by atoms with Gasteiger partial charge in [-0.15, -0.1) is 0 Å². The molecule has 9 heavy (non-hydrogen) atoms. The van der Waals surface area contributed by atoms with Gasteiger partial charge in [-0.2, -0.15) is 0 Å². The highest BCUT2D eigenvalue weighted by Gasteiger charge is 2.16. The summed E-state index contributed by atoms with van der Waals surface area (Å²) in [4.78, 5) is 12.7. The molecule has 4 heteroatoms. The minimum atomic E-state index is -0.0816. The van der Waals surface area contributed by atoms with E-state index in [0.717, 1.165) is 19.6 Å². The molecule has 0 saturated carbocycles. The summed E-state index contributed by atoms with van der Waals surface area (Å²) in [6.07, 6.45) is 0.524. The van der Waals surface area contributed by atoms with Crippen LogP contribution in [0.4, 0.5) is 0 Å². The monoisotopic (exact) mass is 129 g/mol.